The SMILES string of the molecule is CCCc1cnn(-c2cc(C(=O)O)ccn2)c1OCc1ccc(F)cc1. The van der Waals surface area contributed by atoms with Crippen LogP contribution in [0.4, 0.5) is 4.39 Å². The van der Waals surface area contributed by atoms with E-state index in [2.05, 4.69) is 10.1 Å². The second-order valence-corrected chi connectivity index (χ2v) is 5.76. The van der Waals surface area contributed by atoms with Crippen molar-refractivity contribution in [3.63, 3.8) is 0 Å². The molecule has 0 aliphatic heterocycles. The van der Waals surface area contributed by atoms with Crippen LogP contribution in [0.2, 0.25) is 0 Å². The molecule has 0 amide bonds. The molecule has 26 heavy (non-hydrogen) atoms. The molecule has 0 aliphatic rings. The third kappa shape index (κ3) is 3.88. The maximum Gasteiger partial charge on any atom is 0.335 e. The number of benzene rings is 1. The fourth-order valence-electron chi connectivity index (χ4n) is 2.53. The lowest BCUT2D eigenvalue weighted by Crippen LogP contribution is -2.07. The van der Waals surface area contributed by atoms with Gasteiger partial charge in [-0.25, -0.2) is 14.2 Å². The lowest BCUT2D eigenvalue weighted by Gasteiger charge is -2.11. The molecule has 1 N–H and O–H groups in total. The summed E-state index contributed by atoms with van der Waals surface area (Å²) < 4.78 is 20.5. The average molecular weight is 355 g/mol. The predicted octanol–water partition coefficient (Wildman–Crippen LogP) is 3.64. The zero-order valence-corrected chi connectivity index (χ0v) is 14.2. The molecule has 7 heteroatoms. The van der Waals surface area contributed by atoms with Crippen molar-refractivity contribution >= 4 is 5.97 Å². The summed E-state index contributed by atoms with van der Waals surface area (Å²) in [5, 5.41) is 13.5. The van der Waals surface area contributed by atoms with Crippen molar-refractivity contribution in [2.45, 2.75) is 26.4 Å². The summed E-state index contributed by atoms with van der Waals surface area (Å²) >= 11 is 0. The van der Waals surface area contributed by atoms with Crippen LogP contribution in [0.15, 0.2) is 48.8 Å². The van der Waals surface area contributed by atoms with E-state index < -0.39 is 5.97 Å². The predicted molar refractivity (Wildman–Crippen MR) is 93.0 cm³/mol. The minimum Gasteiger partial charge on any atom is -0.478 e. The first-order valence-corrected chi connectivity index (χ1v) is 8.22. The summed E-state index contributed by atoms with van der Waals surface area (Å²) in [5.74, 6) is -0.476. The van der Waals surface area contributed by atoms with Gasteiger partial charge in [-0.05, 0) is 36.2 Å². The molecule has 1 aromatic carbocycles. The molecule has 0 saturated carbocycles. The second-order valence-electron chi connectivity index (χ2n) is 5.76. The number of ether oxygens (including phenoxy) is 1. The molecular weight excluding hydrogens is 337 g/mol. The summed E-state index contributed by atoms with van der Waals surface area (Å²) in [7, 11) is 0. The second kappa shape index (κ2) is 7.77. The summed E-state index contributed by atoms with van der Waals surface area (Å²) in [4.78, 5) is 15.4. The van der Waals surface area contributed by atoms with Gasteiger partial charge in [-0.3, -0.25) is 0 Å². The largest absolute Gasteiger partial charge is 0.478 e. The Kier molecular flexibility index (Phi) is 5.26. The number of aromatic nitrogens is 3. The number of rotatable bonds is 7. The van der Waals surface area contributed by atoms with E-state index in [1.54, 1.807) is 18.3 Å². The molecular formula is C19H18FN3O3. The van der Waals surface area contributed by atoms with Crippen molar-refractivity contribution in [3.05, 3.63) is 71.3 Å². The highest BCUT2D eigenvalue weighted by Crippen LogP contribution is 2.24. The Morgan fingerprint density at radius 1 is 1.27 bits per heavy atom. The molecule has 3 aromatic rings. The highest BCUT2D eigenvalue weighted by Gasteiger charge is 2.16. The zero-order valence-electron chi connectivity index (χ0n) is 14.2. The zero-order chi connectivity index (χ0) is 18.5. The van der Waals surface area contributed by atoms with Crippen molar-refractivity contribution in [1.82, 2.24) is 14.8 Å². The highest BCUT2D eigenvalue weighted by molar-refractivity contribution is 5.87. The van der Waals surface area contributed by atoms with Crippen molar-refractivity contribution in [3.8, 4) is 11.7 Å². The number of carboxylic acids is 1. The molecule has 0 aliphatic carbocycles. The monoisotopic (exact) mass is 355 g/mol. The molecule has 6 nitrogen and oxygen atoms in total. The van der Waals surface area contributed by atoms with Gasteiger partial charge in [0.05, 0.1) is 11.8 Å². The Bertz CT molecular complexity index is 907. The van der Waals surface area contributed by atoms with Crippen LogP contribution in [0.5, 0.6) is 5.88 Å². The van der Waals surface area contributed by atoms with Gasteiger partial charge in [-0.2, -0.15) is 9.78 Å². The summed E-state index contributed by atoms with van der Waals surface area (Å²) in [6, 6.07) is 8.91. The Morgan fingerprint density at radius 2 is 2.04 bits per heavy atom. The number of halogens is 1. The standard InChI is InChI=1S/C19H18FN3O3/c1-2-3-15-11-22-23(17-10-14(19(24)25)8-9-21-17)18(15)26-12-13-4-6-16(20)7-5-13/h4-11H,2-3,12H2,1H3,(H,24,25). The van der Waals surface area contributed by atoms with Gasteiger partial charge in [0, 0.05) is 11.8 Å². The van der Waals surface area contributed by atoms with Crippen LogP contribution in [-0.2, 0) is 13.0 Å². The third-order valence-corrected chi connectivity index (χ3v) is 3.81. The molecule has 0 atom stereocenters. The Labute approximate surface area is 149 Å². The molecule has 0 radical (unpaired) electrons. The smallest absolute Gasteiger partial charge is 0.335 e. The van der Waals surface area contributed by atoms with Gasteiger partial charge in [-0.15, -0.1) is 0 Å². The lowest BCUT2D eigenvalue weighted by atomic mass is 10.2. The number of hydrogen-bond donors (Lipinski definition) is 1. The van der Waals surface area contributed by atoms with E-state index in [1.807, 2.05) is 6.92 Å². The van der Waals surface area contributed by atoms with Crippen LogP contribution in [0.1, 0.15) is 34.8 Å². The van der Waals surface area contributed by atoms with Gasteiger partial charge in [-0.1, -0.05) is 25.5 Å². The molecule has 3 rings (SSSR count). The molecule has 0 unspecified atom stereocenters. The van der Waals surface area contributed by atoms with E-state index >= 15 is 0 Å². The number of aryl methyl sites for hydroxylation is 1. The number of aromatic carboxylic acids is 1. The number of carbonyl (C=O) groups is 1. The highest BCUT2D eigenvalue weighted by atomic mass is 19.1. The maximum absolute atomic E-state index is 13.0. The van der Waals surface area contributed by atoms with Crippen LogP contribution >= 0.6 is 0 Å². The Morgan fingerprint density at radius 3 is 2.73 bits per heavy atom. The van der Waals surface area contributed by atoms with Gasteiger partial charge in [0.2, 0.25) is 5.88 Å². The Hall–Kier alpha value is -3.22. The summed E-state index contributed by atoms with van der Waals surface area (Å²) in [6.07, 6.45) is 4.78. The molecule has 0 fully saturated rings. The van der Waals surface area contributed by atoms with Gasteiger partial charge in [0.25, 0.3) is 0 Å². The van der Waals surface area contributed by atoms with Crippen LogP contribution in [0.3, 0.4) is 0 Å². The molecule has 134 valence electrons. The van der Waals surface area contributed by atoms with E-state index in [1.165, 1.54) is 35.1 Å². The van der Waals surface area contributed by atoms with Crippen molar-refractivity contribution in [2.24, 2.45) is 0 Å². The van der Waals surface area contributed by atoms with Crippen molar-refractivity contribution in [1.29, 1.82) is 0 Å². The molecule has 0 spiro atoms. The molecule has 2 heterocycles. The van der Waals surface area contributed by atoms with Crippen LogP contribution in [-0.4, -0.2) is 25.8 Å². The van der Waals surface area contributed by atoms with E-state index in [0.717, 1.165) is 24.0 Å². The van der Waals surface area contributed by atoms with Crippen molar-refractivity contribution in [2.75, 3.05) is 0 Å². The Balaban J connectivity index is 1.92. The fourth-order valence-corrected chi connectivity index (χ4v) is 2.53. The average Bonchev–Trinajstić information content (AvgIpc) is 3.04. The van der Waals surface area contributed by atoms with Gasteiger partial charge >= 0.3 is 5.97 Å². The number of carboxylic acid groups (broad SMARTS) is 1. The minimum absolute atomic E-state index is 0.118. The summed E-state index contributed by atoms with van der Waals surface area (Å²) in [5.41, 5.74) is 1.83. The normalized spacial score (nSPS) is 10.7. The third-order valence-electron chi connectivity index (χ3n) is 3.81. The lowest BCUT2D eigenvalue weighted by molar-refractivity contribution is 0.0696. The van der Waals surface area contributed by atoms with Crippen molar-refractivity contribution < 1.29 is 19.0 Å². The first-order chi connectivity index (χ1) is 12.6. The van der Waals surface area contributed by atoms with E-state index in [0.29, 0.717) is 11.7 Å². The fraction of sp³-hybridized carbons (Fsp3) is 0.211. The van der Waals surface area contributed by atoms with Crippen LogP contribution in [0, 0.1) is 5.82 Å². The molecule has 0 saturated heterocycles. The van der Waals surface area contributed by atoms with E-state index in [4.69, 9.17) is 4.74 Å². The van der Waals surface area contributed by atoms with Crippen LogP contribution in [0.25, 0.3) is 5.82 Å². The first-order valence-electron chi connectivity index (χ1n) is 8.22. The maximum atomic E-state index is 13.0. The molecule has 2 aromatic heterocycles. The number of pyridine rings is 1. The number of nitrogens with zero attached hydrogens (tertiary/aromatic N) is 3. The molecule has 0 bridgehead atoms. The van der Waals surface area contributed by atoms with Gasteiger partial charge in [0.1, 0.15) is 12.4 Å². The first kappa shape index (κ1) is 17.6. The minimum atomic E-state index is -1.04. The topological polar surface area (TPSA) is 77.2 Å². The van der Waals surface area contributed by atoms with Crippen LogP contribution < -0.4 is 4.74 Å². The number of hydrogen-bond acceptors (Lipinski definition) is 4. The van der Waals surface area contributed by atoms with E-state index in [9.17, 15) is 14.3 Å². The van der Waals surface area contributed by atoms with Gasteiger partial charge < -0.3 is 9.84 Å². The van der Waals surface area contributed by atoms with Gasteiger partial charge in [0.15, 0.2) is 5.82 Å². The summed E-state index contributed by atoms with van der Waals surface area (Å²) in [6.45, 7) is 2.28. The van der Waals surface area contributed by atoms with E-state index in [-0.39, 0.29) is 18.0 Å². The quantitative estimate of drug-likeness (QED) is 0.700.